The standard InChI is InChI=1S/C19H15Cl3F3N5O/c20-12-4-2-1-3-11(12)7-29-8-13(21)18(28-29)26-14(31)9-30-16(10-5-6-10)15(22)17(27-30)19(23,24)25/h1-4,8,10H,5-7,9H2,(H,26,28,31). The molecule has 12 heteroatoms. The van der Waals surface area contributed by atoms with E-state index in [1.54, 1.807) is 12.1 Å². The second-order valence-corrected chi connectivity index (χ2v) is 8.33. The highest BCUT2D eigenvalue weighted by Gasteiger charge is 2.42. The Kier molecular flexibility index (Phi) is 5.93. The van der Waals surface area contributed by atoms with Gasteiger partial charge in [-0.2, -0.15) is 23.4 Å². The molecule has 1 amide bonds. The maximum atomic E-state index is 13.2. The fourth-order valence-corrected chi connectivity index (χ4v) is 3.96. The average Bonchev–Trinajstić information content (AvgIpc) is 3.37. The molecular weight excluding hydrogens is 478 g/mol. The summed E-state index contributed by atoms with van der Waals surface area (Å²) in [5, 5.41) is 10.6. The van der Waals surface area contributed by atoms with E-state index < -0.39 is 29.3 Å². The van der Waals surface area contributed by atoms with Crippen LogP contribution < -0.4 is 5.32 Å². The Bertz CT molecular complexity index is 1140. The second-order valence-electron chi connectivity index (χ2n) is 7.14. The molecule has 4 rings (SSSR count). The summed E-state index contributed by atoms with van der Waals surface area (Å²) in [5.41, 5.74) is -0.161. The first-order valence-electron chi connectivity index (χ1n) is 9.23. The van der Waals surface area contributed by atoms with Crippen molar-refractivity contribution in [3.8, 4) is 0 Å². The first kappa shape index (κ1) is 22.0. The lowest BCUT2D eigenvalue weighted by atomic mass is 10.2. The van der Waals surface area contributed by atoms with Gasteiger partial charge in [0.2, 0.25) is 5.91 Å². The normalized spacial score (nSPS) is 14.1. The van der Waals surface area contributed by atoms with Gasteiger partial charge in [-0.1, -0.05) is 53.0 Å². The highest BCUT2D eigenvalue weighted by Crippen LogP contribution is 2.46. The number of hydrogen-bond donors (Lipinski definition) is 1. The van der Waals surface area contributed by atoms with Gasteiger partial charge >= 0.3 is 6.18 Å². The van der Waals surface area contributed by atoms with Gasteiger partial charge in [0.05, 0.1) is 17.3 Å². The van der Waals surface area contributed by atoms with Crippen LogP contribution in [0, 0.1) is 0 Å². The SMILES string of the molecule is O=C(Cn1nc(C(F)(F)F)c(Cl)c1C1CC1)Nc1nn(Cc2ccccc2Cl)cc1Cl. The Balaban J connectivity index is 1.50. The van der Waals surface area contributed by atoms with Crippen LogP contribution in [0.3, 0.4) is 0 Å². The molecular formula is C19H15Cl3F3N5O. The van der Waals surface area contributed by atoms with E-state index >= 15 is 0 Å². The molecule has 2 heterocycles. The number of halogens is 6. The monoisotopic (exact) mass is 491 g/mol. The molecule has 1 saturated carbocycles. The summed E-state index contributed by atoms with van der Waals surface area (Å²) < 4.78 is 42.0. The van der Waals surface area contributed by atoms with Gasteiger partial charge in [-0.15, -0.1) is 0 Å². The summed E-state index contributed by atoms with van der Waals surface area (Å²) in [6, 6.07) is 7.20. The predicted octanol–water partition coefficient (Wildman–Crippen LogP) is 5.62. The summed E-state index contributed by atoms with van der Waals surface area (Å²) >= 11 is 18.2. The van der Waals surface area contributed by atoms with E-state index in [-0.39, 0.29) is 22.5 Å². The molecule has 2 aromatic heterocycles. The second kappa shape index (κ2) is 8.37. The van der Waals surface area contributed by atoms with Gasteiger partial charge in [0.15, 0.2) is 11.5 Å². The van der Waals surface area contributed by atoms with E-state index in [2.05, 4.69) is 15.5 Å². The molecule has 1 N–H and O–H groups in total. The number of nitrogens with one attached hydrogen (secondary N) is 1. The van der Waals surface area contributed by atoms with Gasteiger partial charge in [-0.05, 0) is 24.5 Å². The molecule has 0 atom stereocenters. The average molecular weight is 493 g/mol. The summed E-state index contributed by atoms with van der Waals surface area (Å²) in [6.45, 7) is -0.125. The van der Waals surface area contributed by atoms with Crippen molar-refractivity contribution in [3.05, 3.63) is 62.5 Å². The van der Waals surface area contributed by atoms with Crippen molar-refractivity contribution in [1.82, 2.24) is 19.6 Å². The number of nitrogens with zero attached hydrogens (tertiary/aromatic N) is 4. The maximum Gasteiger partial charge on any atom is 0.436 e. The molecule has 0 unspecified atom stereocenters. The zero-order chi connectivity index (χ0) is 22.3. The molecule has 3 aromatic rings. The lowest BCUT2D eigenvalue weighted by Gasteiger charge is -2.07. The largest absolute Gasteiger partial charge is 0.436 e. The number of carbonyl (C=O) groups excluding carboxylic acids is 1. The molecule has 0 bridgehead atoms. The van der Waals surface area contributed by atoms with Crippen LogP contribution >= 0.6 is 34.8 Å². The Hall–Kier alpha value is -2.23. The first-order chi connectivity index (χ1) is 14.6. The Labute approximate surface area is 189 Å². The van der Waals surface area contributed by atoms with Gasteiger partial charge < -0.3 is 5.32 Å². The third kappa shape index (κ3) is 4.83. The number of hydrogen-bond acceptors (Lipinski definition) is 3. The van der Waals surface area contributed by atoms with Crippen LogP contribution in [-0.4, -0.2) is 25.5 Å². The Morgan fingerprint density at radius 3 is 2.48 bits per heavy atom. The van der Waals surface area contributed by atoms with E-state index in [0.717, 1.165) is 10.2 Å². The lowest BCUT2D eigenvalue weighted by Crippen LogP contribution is -2.22. The van der Waals surface area contributed by atoms with Crippen molar-refractivity contribution >= 4 is 46.5 Å². The summed E-state index contributed by atoms with van der Waals surface area (Å²) in [5.74, 6) is -0.678. The number of anilines is 1. The van der Waals surface area contributed by atoms with Crippen LogP contribution in [0.15, 0.2) is 30.5 Å². The maximum absolute atomic E-state index is 13.2. The molecule has 6 nitrogen and oxygen atoms in total. The molecule has 0 radical (unpaired) electrons. The number of benzene rings is 1. The van der Waals surface area contributed by atoms with Crippen LogP contribution in [0.5, 0.6) is 0 Å². The van der Waals surface area contributed by atoms with E-state index in [9.17, 15) is 18.0 Å². The van der Waals surface area contributed by atoms with Gasteiger partial charge in [0, 0.05) is 17.1 Å². The van der Waals surface area contributed by atoms with Crippen LogP contribution in [0.1, 0.15) is 35.7 Å². The lowest BCUT2D eigenvalue weighted by molar-refractivity contribution is -0.141. The topological polar surface area (TPSA) is 64.7 Å². The van der Waals surface area contributed by atoms with Crippen molar-refractivity contribution in [1.29, 1.82) is 0 Å². The molecule has 1 aliphatic rings. The van der Waals surface area contributed by atoms with Crippen LogP contribution in [-0.2, 0) is 24.1 Å². The summed E-state index contributed by atoms with van der Waals surface area (Å²) in [7, 11) is 0. The molecule has 31 heavy (non-hydrogen) atoms. The number of rotatable bonds is 6. The van der Waals surface area contributed by atoms with Gasteiger partial charge in [-0.25, -0.2) is 0 Å². The van der Waals surface area contributed by atoms with Crippen molar-refractivity contribution in [2.45, 2.75) is 38.0 Å². The number of aromatic nitrogens is 4. The first-order valence-corrected chi connectivity index (χ1v) is 10.4. The van der Waals surface area contributed by atoms with Gasteiger partial charge in [0.1, 0.15) is 11.6 Å². The van der Waals surface area contributed by atoms with Crippen LogP contribution in [0.2, 0.25) is 15.1 Å². The summed E-state index contributed by atoms with van der Waals surface area (Å²) in [4.78, 5) is 12.5. The quantitative estimate of drug-likeness (QED) is 0.485. The van der Waals surface area contributed by atoms with Gasteiger partial charge in [-0.3, -0.25) is 14.2 Å². The van der Waals surface area contributed by atoms with Crippen molar-refractivity contribution in [2.24, 2.45) is 0 Å². The fraction of sp³-hybridized carbons (Fsp3) is 0.316. The van der Waals surface area contributed by atoms with Crippen molar-refractivity contribution < 1.29 is 18.0 Å². The predicted molar refractivity (Wildman–Crippen MR) is 111 cm³/mol. The molecule has 0 aliphatic heterocycles. The minimum atomic E-state index is -4.71. The zero-order valence-electron chi connectivity index (χ0n) is 15.8. The highest BCUT2D eigenvalue weighted by molar-refractivity contribution is 6.33. The minimum Gasteiger partial charge on any atom is -0.306 e. The Morgan fingerprint density at radius 1 is 1.13 bits per heavy atom. The van der Waals surface area contributed by atoms with E-state index in [0.29, 0.717) is 24.4 Å². The third-order valence-corrected chi connectivity index (χ3v) is 5.74. The zero-order valence-corrected chi connectivity index (χ0v) is 18.0. The minimum absolute atomic E-state index is 0.0843. The van der Waals surface area contributed by atoms with Crippen LogP contribution in [0.25, 0.3) is 0 Å². The molecule has 0 spiro atoms. The Morgan fingerprint density at radius 2 is 1.84 bits per heavy atom. The number of amides is 1. The third-order valence-electron chi connectivity index (χ3n) is 4.72. The fourth-order valence-electron chi connectivity index (χ4n) is 3.17. The van der Waals surface area contributed by atoms with Crippen molar-refractivity contribution in [3.63, 3.8) is 0 Å². The molecule has 1 fully saturated rings. The van der Waals surface area contributed by atoms with Crippen molar-refractivity contribution in [2.75, 3.05) is 5.32 Å². The highest BCUT2D eigenvalue weighted by atomic mass is 35.5. The van der Waals surface area contributed by atoms with E-state index in [1.807, 2.05) is 12.1 Å². The smallest absolute Gasteiger partial charge is 0.306 e. The summed E-state index contributed by atoms with van der Waals surface area (Å²) in [6.07, 6.45) is -1.79. The van der Waals surface area contributed by atoms with E-state index in [1.165, 1.54) is 10.9 Å². The van der Waals surface area contributed by atoms with Crippen LogP contribution in [0.4, 0.5) is 19.0 Å². The molecule has 0 saturated heterocycles. The molecule has 164 valence electrons. The number of carbonyl (C=O) groups is 1. The number of alkyl halides is 3. The molecule has 1 aromatic carbocycles. The van der Waals surface area contributed by atoms with Gasteiger partial charge in [0.25, 0.3) is 0 Å². The molecule has 1 aliphatic carbocycles. The van der Waals surface area contributed by atoms with E-state index in [4.69, 9.17) is 34.8 Å².